The van der Waals surface area contributed by atoms with Crippen molar-refractivity contribution < 1.29 is 26.4 Å². The molecule has 1 aromatic rings. The number of hydrogen-bond acceptors (Lipinski definition) is 4. The fourth-order valence-corrected chi connectivity index (χ4v) is 3.66. The first-order valence-electron chi connectivity index (χ1n) is 7.16. The summed E-state index contributed by atoms with van der Waals surface area (Å²) in [6.07, 6.45) is 2.03. The second-order valence-electron chi connectivity index (χ2n) is 5.77. The molecule has 0 bridgehead atoms. The van der Waals surface area contributed by atoms with Crippen LogP contribution in [-0.4, -0.2) is 43.4 Å². The van der Waals surface area contributed by atoms with E-state index in [4.69, 9.17) is 0 Å². The first-order valence-corrected chi connectivity index (χ1v) is 8.65. The van der Waals surface area contributed by atoms with E-state index in [0.717, 1.165) is 18.9 Å². The van der Waals surface area contributed by atoms with Crippen LogP contribution in [0, 0.1) is 0 Å². The number of rotatable bonds is 4. The van der Waals surface area contributed by atoms with Crippen LogP contribution >= 0.6 is 0 Å². The standard InChI is InChI=1S/C14H15F3N2O3S/c15-14(16,17)23(21,22)12-4-2-1-3-11(12)18-9-7-13(20)19(8-9)10-5-6-10/h1-4,9-10,18H,5-8H2. The summed E-state index contributed by atoms with van der Waals surface area (Å²) in [6.45, 7) is 0.379. The molecule has 0 spiro atoms. The summed E-state index contributed by atoms with van der Waals surface area (Å²) < 4.78 is 61.6. The van der Waals surface area contributed by atoms with Gasteiger partial charge in [0.15, 0.2) is 0 Å². The Labute approximate surface area is 131 Å². The fraction of sp³-hybridized carbons (Fsp3) is 0.500. The van der Waals surface area contributed by atoms with Crippen LogP contribution in [0.2, 0.25) is 0 Å². The number of carbonyl (C=O) groups excluding carboxylic acids is 1. The van der Waals surface area contributed by atoms with Crippen molar-refractivity contribution in [3.63, 3.8) is 0 Å². The monoisotopic (exact) mass is 348 g/mol. The second kappa shape index (κ2) is 5.40. The average Bonchev–Trinajstić information content (AvgIpc) is 3.22. The number of nitrogens with zero attached hydrogens (tertiary/aromatic N) is 1. The molecule has 1 saturated carbocycles. The van der Waals surface area contributed by atoms with E-state index in [0.29, 0.717) is 6.54 Å². The van der Waals surface area contributed by atoms with Gasteiger partial charge >= 0.3 is 5.51 Å². The van der Waals surface area contributed by atoms with Crippen LogP contribution in [0.25, 0.3) is 0 Å². The van der Waals surface area contributed by atoms with Crippen molar-refractivity contribution in [2.24, 2.45) is 0 Å². The lowest BCUT2D eigenvalue weighted by Crippen LogP contribution is -2.30. The minimum Gasteiger partial charge on any atom is -0.379 e. The van der Waals surface area contributed by atoms with Crippen molar-refractivity contribution in [1.82, 2.24) is 4.90 Å². The smallest absolute Gasteiger partial charge is 0.379 e. The van der Waals surface area contributed by atoms with E-state index in [1.165, 1.54) is 18.2 Å². The number of carbonyl (C=O) groups is 1. The zero-order valence-corrected chi connectivity index (χ0v) is 12.8. The summed E-state index contributed by atoms with van der Waals surface area (Å²) in [5.41, 5.74) is -5.49. The van der Waals surface area contributed by atoms with Crippen LogP contribution < -0.4 is 5.32 Å². The number of benzene rings is 1. The van der Waals surface area contributed by atoms with Gasteiger partial charge in [-0.2, -0.15) is 13.2 Å². The summed E-state index contributed by atoms with van der Waals surface area (Å²) >= 11 is 0. The van der Waals surface area contributed by atoms with Gasteiger partial charge < -0.3 is 10.2 Å². The highest BCUT2D eigenvalue weighted by Gasteiger charge is 2.48. The van der Waals surface area contributed by atoms with Crippen LogP contribution in [0.1, 0.15) is 19.3 Å². The van der Waals surface area contributed by atoms with E-state index in [9.17, 15) is 26.4 Å². The summed E-state index contributed by atoms with van der Waals surface area (Å²) in [4.78, 5) is 12.8. The molecule has 1 aliphatic heterocycles. The summed E-state index contributed by atoms with van der Waals surface area (Å²) in [5, 5.41) is 2.79. The van der Waals surface area contributed by atoms with E-state index in [1.54, 1.807) is 4.90 Å². The second-order valence-corrected chi connectivity index (χ2v) is 7.68. The van der Waals surface area contributed by atoms with E-state index in [1.807, 2.05) is 0 Å². The molecule has 0 radical (unpaired) electrons. The number of para-hydroxylation sites is 1. The molecule has 0 aromatic heterocycles. The lowest BCUT2D eigenvalue weighted by Gasteiger charge is -2.19. The van der Waals surface area contributed by atoms with Crippen molar-refractivity contribution in [2.75, 3.05) is 11.9 Å². The van der Waals surface area contributed by atoms with E-state index < -0.39 is 26.3 Å². The molecule has 2 fully saturated rings. The third-order valence-corrected chi connectivity index (χ3v) is 5.53. The average molecular weight is 348 g/mol. The molecule has 1 aliphatic carbocycles. The van der Waals surface area contributed by atoms with Gasteiger partial charge in [-0.05, 0) is 25.0 Å². The maximum atomic E-state index is 12.8. The Morgan fingerprint density at radius 3 is 2.43 bits per heavy atom. The Kier molecular flexibility index (Phi) is 3.78. The third-order valence-electron chi connectivity index (χ3n) is 3.99. The van der Waals surface area contributed by atoms with E-state index in [-0.39, 0.29) is 24.1 Å². The van der Waals surface area contributed by atoms with Gasteiger partial charge in [0, 0.05) is 19.0 Å². The maximum absolute atomic E-state index is 12.8. The largest absolute Gasteiger partial charge is 0.501 e. The molecule has 1 aromatic carbocycles. The molecular formula is C14H15F3N2O3S. The Morgan fingerprint density at radius 2 is 1.83 bits per heavy atom. The molecule has 1 heterocycles. The zero-order valence-electron chi connectivity index (χ0n) is 12.0. The van der Waals surface area contributed by atoms with Gasteiger partial charge in [-0.3, -0.25) is 4.79 Å². The number of sulfone groups is 1. The lowest BCUT2D eigenvalue weighted by atomic mass is 10.2. The highest BCUT2D eigenvalue weighted by molar-refractivity contribution is 7.92. The van der Waals surface area contributed by atoms with E-state index >= 15 is 0 Å². The summed E-state index contributed by atoms with van der Waals surface area (Å²) in [5.74, 6) is -0.0545. The highest BCUT2D eigenvalue weighted by Crippen LogP contribution is 2.36. The van der Waals surface area contributed by atoms with Crippen molar-refractivity contribution in [3.05, 3.63) is 24.3 Å². The molecule has 1 amide bonds. The number of nitrogens with one attached hydrogen (secondary N) is 1. The quantitative estimate of drug-likeness (QED) is 0.906. The number of likely N-dealkylation sites (tertiary alicyclic amines) is 1. The molecule has 23 heavy (non-hydrogen) atoms. The van der Waals surface area contributed by atoms with Gasteiger partial charge in [-0.15, -0.1) is 0 Å². The zero-order chi connectivity index (χ0) is 16.8. The van der Waals surface area contributed by atoms with Crippen LogP contribution in [0.5, 0.6) is 0 Å². The molecule has 5 nitrogen and oxygen atoms in total. The molecule has 9 heteroatoms. The Bertz CT molecular complexity index is 729. The van der Waals surface area contributed by atoms with Gasteiger partial charge in [0.05, 0.1) is 16.6 Å². The first-order chi connectivity index (χ1) is 10.7. The summed E-state index contributed by atoms with van der Waals surface area (Å²) in [6, 6.07) is 4.72. The molecule has 126 valence electrons. The minimum absolute atomic E-state index is 0.0545. The third kappa shape index (κ3) is 3.01. The number of anilines is 1. The molecule has 2 aliphatic rings. The van der Waals surface area contributed by atoms with Crippen molar-refractivity contribution in [1.29, 1.82) is 0 Å². The molecule has 1 unspecified atom stereocenters. The molecule has 1 N–H and O–H groups in total. The first kappa shape index (κ1) is 16.1. The predicted octanol–water partition coefficient (Wildman–Crippen LogP) is 2.16. The number of amides is 1. The normalized spacial score (nSPS) is 22.5. The van der Waals surface area contributed by atoms with Crippen molar-refractivity contribution in [3.8, 4) is 0 Å². The van der Waals surface area contributed by atoms with Gasteiger partial charge in [0.25, 0.3) is 9.84 Å². The molecule has 1 atom stereocenters. The number of alkyl halides is 3. The Morgan fingerprint density at radius 1 is 1.17 bits per heavy atom. The van der Waals surface area contributed by atoms with E-state index in [2.05, 4.69) is 5.32 Å². The van der Waals surface area contributed by atoms with Gasteiger partial charge in [-0.25, -0.2) is 8.42 Å². The van der Waals surface area contributed by atoms with Crippen LogP contribution in [0.4, 0.5) is 18.9 Å². The SMILES string of the molecule is O=C1CC(Nc2ccccc2S(=O)(=O)C(F)(F)F)CN1C1CC1. The van der Waals surface area contributed by atoms with Crippen molar-refractivity contribution in [2.45, 2.75) is 41.7 Å². The van der Waals surface area contributed by atoms with Crippen LogP contribution in [0.3, 0.4) is 0 Å². The summed E-state index contributed by atoms with van der Waals surface area (Å²) in [7, 11) is -5.44. The Hall–Kier alpha value is -1.77. The van der Waals surface area contributed by atoms with Gasteiger partial charge in [-0.1, -0.05) is 12.1 Å². The lowest BCUT2D eigenvalue weighted by molar-refractivity contribution is -0.128. The van der Waals surface area contributed by atoms with Gasteiger partial charge in [0.1, 0.15) is 0 Å². The molecule has 1 saturated heterocycles. The topological polar surface area (TPSA) is 66.5 Å². The fourth-order valence-electron chi connectivity index (χ4n) is 2.73. The number of hydrogen-bond donors (Lipinski definition) is 1. The van der Waals surface area contributed by atoms with Gasteiger partial charge in [0.2, 0.25) is 5.91 Å². The van der Waals surface area contributed by atoms with Crippen LogP contribution in [-0.2, 0) is 14.6 Å². The number of halogens is 3. The maximum Gasteiger partial charge on any atom is 0.501 e. The minimum atomic E-state index is -5.44. The molecular weight excluding hydrogens is 333 g/mol. The van der Waals surface area contributed by atoms with Crippen LogP contribution in [0.15, 0.2) is 29.2 Å². The highest BCUT2D eigenvalue weighted by atomic mass is 32.2. The Balaban J connectivity index is 1.83. The predicted molar refractivity (Wildman–Crippen MR) is 76.4 cm³/mol. The molecule has 3 rings (SSSR count). The van der Waals surface area contributed by atoms with Crippen molar-refractivity contribution >= 4 is 21.4 Å².